The molecule has 0 fully saturated rings. The highest BCUT2D eigenvalue weighted by molar-refractivity contribution is 6.04. The second kappa shape index (κ2) is 4.18. The number of carbonyl (C=O) groups is 1. The number of anilines is 1. The first-order valence-corrected chi connectivity index (χ1v) is 4.78. The van der Waals surface area contributed by atoms with Gasteiger partial charge in [0.2, 0.25) is 0 Å². The summed E-state index contributed by atoms with van der Waals surface area (Å²) in [6.45, 7) is 1.71. The zero-order valence-electron chi connectivity index (χ0n) is 8.66. The lowest BCUT2D eigenvalue weighted by atomic mass is 10.2. The maximum absolute atomic E-state index is 12.6. The SMILES string of the molecule is Cc1occc1C(=O)Nc1ccc(F)cc1. The zero-order valence-corrected chi connectivity index (χ0v) is 8.66. The van der Waals surface area contributed by atoms with E-state index in [-0.39, 0.29) is 11.7 Å². The van der Waals surface area contributed by atoms with Gasteiger partial charge in [-0.15, -0.1) is 0 Å². The summed E-state index contributed by atoms with van der Waals surface area (Å²) in [4.78, 5) is 11.7. The molecule has 2 aromatic rings. The number of nitrogens with one attached hydrogen (secondary N) is 1. The van der Waals surface area contributed by atoms with E-state index in [2.05, 4.69) is 5.32 Å². The average molecular weight is 219 g/mol. The monoisotopic (exact) mass is 219 g/mol. The Morgan fingerprint density at radius 2 is 1.94 bits per heavy atom. The van der Waals surface area contributed by atoms with Crippen LogP contribution in [0.2, 0.25) is 0 Å². The number of carbonyl (C=O) groups excluding carboxylic acids is 1. The molecule has 2 rings (SSSR count). The van der Waals surface area contributed by atoms with Crippen LogP contribution >= 0.6 is 0 Å². The molecule has 0 spiro atoms. The van der Waals surface area contributed by atoms with Gasteiger partial charge in [0.25, 0.3) is 5.91 Å². The maximum Gasteiger partial charge on any atom is 0.259 e. The number of benzene rings is 1. The topological polar surface area (TPSA) is 42.2 Å². The largest absolute Gasteiger partial charge is 0.469 e. The van der Waals surface area contributed by atoms with Gasteiger partial charge in [0.05, 0.1) is 11.8 Å². The second-order valence-corrected chi connectivity index (χ2v) is 3.35. The van der Waals surface area contributed by atoms with E-state index in [1.54, 1.807) is 13.0 Å². The van der Waals surface area contributed by atoms with Crippen LogP contribution in [-0.2, 0) is 0 Å². The summed E-state index contributed by atoms with van der Waals surface area (Å²) in [6, 6.07) is 7.18. The molecule has 0 radical (unpaired) electrons. The smallest absolute Gasteiger partial charge is 0.259 e. The van der Waals surface area contributed by atoms with Crippen molar-refractivity contribution in [1.29, 1.82) is 0 Å². The van der Waals surface area contributed by atoms with E-state index in [4.69, 9.17) is 4.42 Å². The number of hydrogen-bond donors (Lipinski definition) is 1. The predicted molar refractivity (Wildman–Crippen MR) is 57.8 cm³/mol. The summed E-state index contributed by atoms with van der Waals surface area (Å²) < 4.78 is 17.7. The van der Waals surface area contributed by atoms with Gasteiger partial charge in [-0.2, -0.15) is 0 Å². The Bertz CT molecular complexity index is 502. The molecule has 3 nitrogen and oxygen atoms in total. The third-order valence-corrected chi connectivity index (χ3v) is 2.21. The fourth-order valence-electron chi connectivity index (χ4n) is 1.35. The van der Waals surface area contributed by atoms with Crippen LogP contribution in [-0.4, -0.2) is 5.91 Å². The van der Waals surface area contributed by atoms with Crippen molar-refractivity contribution >= 4 is 11.6 Å². The number of furan rings is 1. The third-order valence-electron chi connectivity index (χ3n) is 2.21. The Balaban J connectivity index is 2.14. The summed E-state index contributed by atoms with van der Waals surface area (Å²) in [6.07, 6.45) is 1.45. The lowest BCUT2D eigenvalue weighted by Crippen LogP contribution is -2.11. The van der Waals surface area contributed by atoms with E-state index < -0.39 is 0 Å². The molecular formula is C12H10FNO2. The van der Waals surface area contributed by atoms with Gasteiger partial charge in [-0.1, -0.05) is 0 Å². The molecule has 1 amide bonds. The Kier molecular flexibility index (Phi) is 2.72. The minimum atomic E-state index is -0.336. The molecule has 16 heavy (non-hydrogen) atoms. The van der Waals surface area contributed by atoms with Gasteiger partial charge in [-0.3, -0.25) is 4.79 Å². The van der Waals surface area contributed by atoms with E-state index in [0.29, 0.717) is 17.0 Å². The number of halogens is 1. The summed E-state index contributed by atoms with van der Waals surface area (Å²) in [5.74, 6) is -0.0463. The van der Waals surface area contributed by atoms with Gasteiger partial charge in [0.15, 0.2) is 0 Å². The third kappa shape index (κ3) is 2.11. The van der Waals surface area contributed by atoms with Crippen molar-refractivity contribution in [1.82, 2.24) is 0 Å². The van der Waals surface area contributed by atoms with Gasteiger partial charge in [-0.05, 0) is 37.3 Å². The molecule has 0 saturated heterocycles. The molecule has 1 aromatic carbocycles. The highest BCUT2D eigenvalue weighted by Gasteiger charge is 2.11. The minimum absolute atomic E-state index is 0.266. The van der Waals surface area contributed by atoms with Crippen LogP contribution in [0.3, 0.4) is 0 Å². The molecule has 0 aliphatic carbocycles. The molecule has 82 valence electrons. The van der Waals surface area contributed by atoms with Crippen molar-refractivity contribution in [2.24, 2.45) is 0 Å². The van der Waals surface area contributed by atoms with Crippen molar-refractivity contribution in [3.63, 3.8) is 0 Å². The molecular weight excluding hydrogens is 209 g/mol. The van der Waals surface area contributed by atoms with E-state index in [0.717, 1.165) is 0 Å². The highest BCUT2D eigenvalue weighted by atomic mass is 19.1. The quantitative estimate of drug-likeness (QED) is 0.843. The molecule has 4 heteroatoms. The van der Waals surface area contributed by atoms with Gasteiger partial charge < -0.3 is 9.73 Å². The molecule has 0 unspecified atom stereocenters. The fourth-order valence-corrected chi connectivity index (χ4v) is 1.35. The van der Waals surface area contributed by atoms with Crippen LogP contribution in [0.4, 0.5) is 10.1 Å². The van der Waals surface area contributed by atoms with Gasteiger partial charge in [-0.25, -0.2) is 4.39 Å². The number of rotatable bonds is 2. The normalized spacial score (nSPS) is 10.1. The van der Waals surface area contributed by atoms with Crippen LogP contribution in [0.1, 0.15) is 16.1 Å². The number of hydrogen-bond acceptors (Lipinski definition) is 2. The number of amides is 1. The molecule has 0 aliphatic rings. The van der Waals surface area contributed by atoms with Crippen molar-refractivity contribution in [3.8, 4) is 0 Å². The van der Waals surface area contributed by atoms with Crippen LogP contribution in [0.25, 0.3) is 0 Å². The summed E-state index contributed by atoms with van der Waals surface area (Å²) in [5.41, 5.74) is 1.02. The first kappa shape index (κ1) is 10.4. The van der Waals surface area contributed by atoms with Gasteiger partial charge >= 0.3 is 0 Å². The molecule has 1 aromatic heterocycles. The maximum atomic E-state index is 12.6. The van der Waals surface area contributed by atoms with E-state index in [1.807, 2.05) is 0 Å². The summed E-state index contributed by atoms with van der Waals surface area (Å²) in [7, 11) is 0. The molecule has 0 saturated carbocycles. The van der Waals surface area contributed by atoms with Crippen LogP contribution in [0.5, 0.6) is 0 Å². The van der Waals surface area contributed by atoms with Gasteiger partial charge in [0, 0.05) is 5.69 Å². The van der Waals surface area contributed by atoms with E-state index in [1.165, 1.54) is 30.5 Å². The molecule has 0 aliphatic heterocycles. The zero-order chi connectivity index (χ0) is 11.5. The summed E-state index contributed by atoms with van der Waals surface area (Å²) in [5, 5.41) is 2.65. The Hall–Kier alpha value is -2.10. The predicted octanol–water partition coefficient (Wildman–Crippen LogP) is 2.98. The Labute approximate surface area is 91.9 Å². The first-order valence-electron chi connectivity index (χ1n) is 4.78. The molecule has 0 bridgehead atoms. The molecule has 1 N–H and O–H groups in total. The van der Waals surface area contributed by atoms with Crippen molar-refractivity contribution in [2.75, 3.05) is 5.32 Å². The Morgan fingerprint density at radius 3 is 2.50 bits per heavy atom. The van der Waals surface area contributed by atoms with E-state index in [9.17, 15) is 9.18 Å². The first-order chi connectivity index (χ1) is 7.66. The van der Waals surface area contributed by atoms with Crippen LogP contribution in [0.15, 0.2) is 41.0 Å². The standard InChI is InChI=1S/C12H10FNO2/c1-8-11(6-7-16-8)12(15)14-10-4-2-9(13)3-5-10/h2-7H,1H3,(H,14,15). The lowest BCUT2D eigenvalue weighted by molar-refractivity contribution is 0.102. The van der Waals surface area contributed by atoms with Crippen molar-refractivity contribution in [3.05, 3.63) is 53.7 Å². The lowest BCUT2D eigenvalue weighted by Gasteiger charge is -2.03. The molecule has 0 atom stereocenters. The number of aryl methyl sites for hydroxylation is 1. The Morgan fingerprint density at radius 1 is 1.25 bits per heavy atom. The van der Waals surface area contributed by atoms with E-state index >= 15 is 0 Å². The highest BCUT2D eigenvalue weighted by Crippen LogP contribution is 2.13. The average Bonchev–Trinajstić information content (AvgIpc) is 2.68. The van der Waals surface area contributed by atoms with Crippen molar-refractivity contribution in [2.45, 2.75) is 6.92 Å². The molecule has 1 heterocycles. The van der Waals surface area contributed by atoms with Gasteiger partial charge in [0.1, 0.15) is 11.6 Å². The van der Waals surface area contributed by atoms with Crippen molar-refractivity contribution < 1.29 is 13.6 Å². The van der Waals surface area contributed by atoms with Crippen LogP contribution in [0, 0.1) is 12.7 Å². The minimum Gasteiger partial charge on any atom is -0.469 e. The fraction of sp³-hybridized carbons (Fsp3) is 0.0833. The summed E-state index contributed by atoms with van der Waals surface area (Å²) >= 11 is 0. The van der Waals surface area contributed by atoms with Crippen LogP contribution < -0.4 is 5.32 Å². The second-order valence-electron chi connectivity index (χ2n) is 3.35.